The van der Waals surface area contributed by atoms with Crippen LogP contribution in [-0.4, -0.2) is 11.6 Å². The Balaban J connectivity index is 1.68. The van der Waals surface area contributed by atoms with Gasteiger partial charge in [0.15, 0.2) is 5.78 Å². The Morgan fingerprint density at radius 1 is 1.00 bits per heavy atom. The van der Waals surface area contributed by atoms with E-state index in [2.05, 4.69) is 6.92 Å². The van der Waals surface area contributed by atoms with E-state index in [-0.39, 0.29) is 5.41 Å². The topological polar surface area (TPSA) is 34.1 Å². The van der Waals surface area contributed by atoms with E-state index in [9.17, 15) is 9.59 Å². The summed E-state index contributed by atoms with van der Waals surface area (Å²) in [6.45, 7) is 2.40. The van der Waals surface area contributed by atoms with Crippen molar-refractivity contribution in [1.29, 1.82) is 0 Å². The standard InChI is InChI=1S/C18H24O2/c1-18-9-8-12(19)10-11(18)2-3-14-13-5-7-17(20)15(13)4-6-16(14)18/h10,13-16H,2-9H2,1H3/t13?,14?,15?,16?,18-/m0/s1. The predicted molar refractivity (Wildman–Crippen MR) is 77.1 cm³/mol. The van der Waals surface area contributed by atoms with Crippen LogP contribution in [-0.2, 0) is 9.59 Å². The van der Waals surface area contributed by atoms with E-state index in [0.717, 1.165) is 50.4 Å². The Morgan fingerprint density at radius 2 is 1.80 bits per heavy atom. The van der Waals surface area contributed by atoms with Crippen LogP contribution < -0.4 is 0 Å². The molecule has 2 nitrogen and oxygen atoms in total. The van der Waals surface area contributed by atoms with Crippen molar-refractivity contribution in [3.05, 3.63) is 11.6 Å². The summed E-state index contributed by atoms with van der Waals surface area (Å²) < 4.78 is 0. The third-order valence-electron chi connectivity index (χ3n) is 7.03. The highest BCUT2D eigenvalue weighted by atomic mass is 16.1. The number of rotatable bonds is 0. The molecule has 0 spiro atoms. The molecular weight excluding hydrogens is 248 g/mol. The van der Waals surface area contributed by atoms with Gasteiger partial charge in [-0.05, 0) is 67.8 Å². The molecule has 4 aliphatic carbocycles. The lowest BCUT2D eigenvalue weighted by atomic mass is 9.50. The maximum absolute atomic E-state index is 12.0. The molecule has 0 heterocycles. The van der Waals surface area contributed by atoms with Crippen LogP contribution in [0.5, 0.6) is 0 Å². The molecule has 20 heavy (non-hydrogen) atoms. The second kappa shape index (κ2) is 4.29. The van der Waals surface area contributed by atoms with Gasteiger partial charge in [-0.15, -0.1) is 0 Å². The number of hydrogen-bond donors (Lipinski definition) is 0. The fourth-order valence-electron chi connectivity index (χ4n) is 5.98. The minimum absolute atomic E-state index is 0.257. The number of fused-ring (bicyclic) bond motifs is 5. The van der Waals surface area contributed by atoms with Crippen LogP contribution in [0.4, 0.5) is 0 Å². The number of carbonyl (C=O) groups is 2. The van der Waals surface area contributed by atoms with Gasteiger partial charge >= 0.3 is 0 Å². The molecule has 0 N–H and O–H groups in total. The number of hydrogen-bond acceptors (Lipinski definition) is 2. The maximum atomic E-state index is 12.0. The van der Waals surface area contributed by atoms with Crippen LogP contribution in [0.3, 0.4) is 0 Å². The summed E-state index contributed by atoms with van der Waals surface area (Å²) in [6, 6.07) is 0. The molecule has 0 radical (unpaired) electrons. The predicted octanol–water partition coefficient (Wildman–Crippen LogP) is 3.70. The van der Waals surface area contributed by atoms with E-state index >= 15 is 0 Å². The zero-order chi connectivity index (χ0) is 13.9. The number of Topliss-reactive ketones (excluding diaryl/α,β-unsaturated/α-hetero) is 1. The molecular formula is C18H24O2. The zero-order valence-corrected chi connectivity index (χ0v) is 12.4. The summed E-state index contributed by atoms with van der Waals surface area (Å²) >= 11 is 0. The second-order valence-corrected chi connectivity index (χ2v) is 7.72. The molecule has 0 aliphatic heterocycles. The van der Waals surface area contributed by atoms with E-state index in [4.69, 9.17) is 0 Å². The number of carbonyl (C=O) groups excluding carboxylic acids is 2. The molecule has 0 aromatic heterocycles. The van der Waals surface area contributed by atoms with Gasteiger partial charge in [0.25, 0.3) is 0 Å². The lowest BCUT2D eigenvalue weighted by Crippen LogP contribution is -2.47. The molecule has 0 aromatic carbocycles. The SMILES string of the molecule is C[C@]12CCC(=O)C=C1CCC1C3CCC(=O)C3CCC12. The number of ketones is 2. The van der Waals surface area contributed by atoms with Crippen molar-refractivity contribution < 1.29 is 9.59 Å². The van der Waals surface area contributed by atoms with Gasteiger partial charge in [-0.1, -0.05) is 12.5 Å². The number of allylic oxidation sites excluding steroid dienone is 1. The van der Waals surface area contributed by atoms with E-state index in [0.29, 0.717) is 23.4 Å². The van der Waals surface area contributed by atoms with Crippen LogP contribution in [0.25, 0.3) is 0 Å². The monoisotopic (exact) mass is 272 g/mol. The third kappa shape index (κ3) is 1.63. The average molecular weight is 272 g/mol. The van der Waals surface area contributed by atoms with Crippen molar-refractivity contribution in [2.75, 3.05) is 0 Å². The lowest BCUT2D eigenvalue weighted by molar-refractivity contribution is -0.124. The maximum Gasteiger partial charge on any atom is 0.155 e. The highest BCUT2D eigenvalue weighted by molar-refractivity contribution is 5.91. The fraction of sp³-hybridized carbons (Fsp3) is 0.778. The van der Waals surface area contributed by atoms with E-state index < -0.39 is 0 Å². The van der Waals surface area contributed by atoms with Gasteiger partial charge < -0.3 is 0 Å². The molecule has 4 unspecified atom stereocenters. The first-order valence-corrected chi connectivity index (χ1v) is 8.36. The van der Waals surface area contributed by atoms with Crippen LogP contribution in [0.1, 0.15) is 58.3 Å². The van der Waals surface area contributed by atoms with Crippen LogP contribution in [0, 0.1) is 29.1 Å². The Hall–Kier alpha value is -0.920. The fourth-order valence-corrected chi connectivity index (χ4v) is 5.98. The zero-order valence-electron chi connectivity index (χ0n) is 12.4. The van der Waals surface area contributed by atoms with Crippen molar-refractivity contribution in [1.82, 2.24) is 0 Å². The van der Waals surface area contributed by atoms with Crippen LogP contribution >= 0.6 is 0 Å². The first-order valence-electron chi connectivity index (χ1n) is 8.36. The second-order valence-electron chi connectivity index (χ2n) is 7.72. The summed E-state index contributed by atoms with van der Waals surface area (Å²) in [5.41, 5.74) is 1.69. The molecule has 3 fully saturated rings. The van der Waals surface area contributed by atoms with Crippen molar-refractivity contribution in [3.63, 3.8) is 0 Å². The third-order valence-corrected chi connectivity index (χ3v) is 7.03. The Labute approximate surface area is 121 Å². The van der Waals surface area contributed by atoms with E-state index in [1.807, 2.05) is 6.08 Å². The van der Waals surface area contributed by atoms with Crippen LogP contribution in [0.2, 0.25) is 0 Å². The minimum Gasteiger partial charge on any atom is -0.299 e. The summed E-state index contributed by atoms with van der Waals surface area (Å²) in [6.07, 6.45) is 10.3. The normalized spacial score (nSPS) is 47.4. The van der Waals surface area contributed by atoms with Crippen LogP contribution in [0.15, 0.2) is 11.6 Å². The van der Waals surface area contributed by atoms with Gasteiger partial charge in [0.05, 0.1) is 0 Å². The average Bonchev–Trinajstić information content (AvgIpc) is 2.82. The van der Waals surface area contributed by atoms with Crippen molar-refractivity contribution in [2.24, 2.45) is 29.1 Å². The molecule has 0 bridgehead atoms. The molecule has 4 rings (SSSR count). The van der Waals surface area contributed by atoms with Gasteiger partial charge in [0.1, 0.15) is 5.78 Å². The molecule has 3 saturated carbocycles. The molecule has 2 heteroatoms. The summed E-state index contributed by atoms with van der Waals surface area (Å²) in [4.78, 5) is 23.8. The highest BCUT2D eigenvalue weighted by Crippen LogP contribution is 2.61. The van der Waals surface area contributed by atoms with Gasteiger partial charge in [0, 0.05) is 18.8 Å². The Kier molecular flexibility index (Phi) is 2.74. The quantitative estimate of drug-likeness (QED) is 0.674. The minimum atomic E-state index is 0.257. The van der Waals surface area contributed by atoms with Crippen molar-refractivity contribution >= 4 is 11.6 Å². The van der Waals surface area contributed by atoms with Gasteiger partial charge in [-0.25, -0.2) is 0 Å². The summed E-state index contributed by atoms with van der Waals surface area (Å²) in [7, 11) is 0. The van der Waals surface area contributed by atoms with Crippen molar-refractivity contribution in [2.45, 2.75) is 58.3 Å². The largest absolute Gasteiger partial charge is 0.299 e. The van der Waals surface area contributed by atoms with Gasteiger partial charge in [-0.3, -0.25) is 9.59 Å². The lowest BCUT2D eigenvalue weighted by Gasteiger charge is -2.54. The molecule has 0 aromatic rings. The Morgan fingerprint density at radius 3 is 2.65 bits per heavy atom. The van der Waals surface area contributed by atoms with E-state index in [1.54, 1.807) is 0 Å². The molecule has 0 saturated heterocycles. The van der Waals surface area contributed by atoms with Crippen molar-refractivity contribution in [3.8, 4) is 0 Å². The molecule has 4 aliphatic rings. The van der Waals surface area contributed by atoms with E-state index in [1.165, 1.54) is 18.4 Å². The first-order chi connectivity index (χ1) is 9.59. The molecule has 5 atom stereocenters. The molecule has 0 amide bonds. The summed E-state index contributed by atoms with van der Waals surface area (Å²) in [5.74, 6) is 3.39. The highest BCUT2D eigenvalue weighted by Gasteiger charge is 2.54. The molecule has 108 valence electrons. The first kappa shape index (κ1) is 12.8. The van der Waals surface area contributed by atoms with Gasteiger partial charge in [-0.2, -0.15) is 0 Å². The van der Waals surface area contributed by atoms with Gasteiger partial charge in [0.2, 0.25) is 0 Å². The Bertz CT molecular complexity index is 504. The smallest absolute Gasteiger partial charge is 0.155 e. The summed E-state index contributed by atoms with van der Waals surface area (Å²) in [5, 5.41) is 0.